The van der Waals surface area contributed by atoms with Crippen LogP contribution in [0.4, 0.5) is 0 Å². The minimum absolute atomic E-state index is 0.106. The third-order valence-electron chi connectivity index (χ3n) is 4.09. The van der Waals surface area contributed by atoms with Gasteiger partial charge in [0.05, 0.1) is 17.3 Å². The van der Waals surface area contributed by atoms with Crippen molar-refractivity contribution in [3.63, 3.8) is 0 Å². The molecule has 0 radical (unpaired) electrons. The van der Waals surface area contributed by atoms with Crippen LogP contribution in [0, 0.1) is 11.8 Å². The molecule has 0 amide bonds. The summed E-state index contributed by atoms with van der Waals surface area (Å²) < 4.78 is 0. The number of aromatic nitrogens is 1. The largest absolute Gasteiger partial charge is 0.393 e. The van der Waals surface area contributed by atoms with E-state index in [4.69, 9.17) is 0 Å². The van der Waals surface area contributed by atoms with Gasteiger partial charge in [-0.25, -0.2) is 4.98 Å². The molecule has 3 unspecified atom stereocenters. The van der Waals surface area contributed by atoms with Gasteiger partial charge in [-0.05, 0) is 38.1 Å². The average molecular weight is 268 g/mol. The van der Waals surface area contributed by atoms with Crippen molar-refractivity contribution >= 4 is 11.3 Å². The van der Waals surface area contributed by atoms with E-state index < -0.39 is 0 Å². The van der Waals surface area contributed by atoms with Gasteiger partial charge in [0.1, 0.15) is 0 Å². The van der Waals surface area contributed by atoms with Crippen LogP contribution in [0.15, 0.2) is 10.9 Å². The highest BCUT2D eigenvalue weighted by atomic mass is 32.1. The Hall–Kier alpha value is -0.450. The summed E-state index contributed by atoms with van der Waals surface area (Å²) in [4.78, 5) is 6.61. The van der Waals surface area contributed by atoms with Gasteiger partial charge in [0.25, 0.3) is 0 Å². The van der Waals surface area contributed by atoms with Gasteiger partial charge in [-0.1, -0.05) is 13.3 Å². The molecule has 0 aliphatic heterocycles. The zero-order chi connectivity index (χ0) is 13.0. The molecule has 1 aliphatic carbocycles. The lowest BCUT2D eigenvalue weighted by molar-refractivity contribution is 0.0297. The van der Waals surface area contributed by atoms with E-state index in [9.17, 15) is 5.11 Å². The molecule has 1 saturated carbocycles. The van der Waals surface area contributed by atoms with Crippen molar-refractivity contribution in [2.75, 3.05) is 13.6 Å². The van der Waals surface area contributed by atoms with Gasteiger partial charge in [-0.3, -0.25) is 0 Å². The Kier molecular flexibility index (Phi) is 5.15. The summed E-state index contributed by atoms with van der Waals surface area (Å²) >= 11 is 1.65. The highest BCUT2D eigenvalue weighted by Crippen LogP contribution is 2.31. The van der Waals surface area contributed by atoms with Crippen LogP contribution >= 0.6 is 11.3 Å². The average Bonchev–Trinajstić information content (AvgIpc) is 2.84. The summed E-state index contributed by atoms with van der Waals surface area (Å²) in [5, 5.41) is 12.2. The van der Waals surface area contributed by atoms with Gasteiger partial charge in [0.15, 0.2) is 0 Å². The molecule has 0 bridgehead atoms. The van der Waals surface area contributed by atoms with Gasteiger partial charge in [-0.2, -0.15) is 0 Å². The summed E-state index contributed by atoms with van der Waals surface area (Å²) in [6.45, 7) is 4.14. The first-order valence-corrected chi connectivity index (χ1v) is 7.87. The van der Waals surface area contributed by atoms with E-state index in [-0.39, 0.29) is 6.10 Å². The van der Waals surface area contributed by atoms with Gasteiger partial charge < -0.3 is 10.0 Å². The summed E-state index contributed by atoms with van der Waals surface area (Å²) in [6, 6.07) is 0. The predicted octanol–water partition coefficient (Wildman–Crippen LogP) is 2.76. The number of aliphatic hydroxyl groups excluding tert-OH is 1. The van der Waals surface area contributed by atoms with Crippen LogP contribution in [0.2, 0.25) is 0 Å². The standard InChI is InChI=1S/C14H24N2OS/c1-3-11-4-5-14(17)12(6-11)7-16(2)8-13-9-18-10-15-13/h9-12,14,17H,3-8H2,1-2H3. The van der Waals surface area contributed by atoms with E-state index >= 15 is 0 Å². The van der Waals surface area contributed by atoms with Crippen LogP contribution in [-0.4, -0.2) is 34.7 Å². The van der Waals surface area contributed by atoms with E-state index in [0.717, 1.165) is 31.1 Å². The Labute approximate surface area is 114 Å². The van der Waals surface area contributed by atoms with Gasteiger partial charge in [0, 0.05) is 18.5 Å². The van der Waals surface area contributed by atoms with E-state index in [1.807, 2.05) is 5.51 Å². The van der Waals surface area contributed by atoms with Crippen LogP contribution in [0.5, 0.6) is 0 Å². The Bertz CT molecular complexity index is 342. The number of aliphatic hydroxyl groups is 1. The van der Waals surface area contributed by atoms with E-state index in [0.29, 0.717) is 5.92 Å². The molecule has 0 saturated heterocycles. The highest BCUT2D eigenvalue weighted by molar-refractivity contribution is 7.07. The predicted molar refractivity (Wildman–Crippen MR) is 75.6 cm³/mol. The van der Waals surface area contributed by atoms with Gasteiger partial charge >= 0.3 is 0 Å². The molecule has 3 nitrogen and oxygen atoms in total. The SMILES string of the molecule is CCC1CCC(O)C(CN(C)Cc2cscn2)C1. The lowest BCUT2D eigenvalue weighted by Gasteiger charge is -2.35. The maximum Gasteiger partial charge on any atom is 0.0795 e. The molecule has 1 aliphatic rings. The fourth-order valence-corrected chi connectivity index (χ4v) is 3.52. The first-order valence-electron chi connectivity index (χ1n) is 6.92. The molecular weight excluding hydrogens is 244 g/mol. The maximum absolute atomic E-state index is 10.1. The second-order valence-corrected chi connectivity index (χ2v) is 6.31. The Morgan fingerprint density at radius 3 is 3.00 bits per heavy atom. The third-order valence-corrected chi connectivity index (χ3v) is 4.73. The molecule has 3 atom stereocenters. The fourth-order valence-electron chi connectivity index (χ4n) is 2.97. The molecule has 1 N–H and O–H groups in total. The Balaban J connectivity index is 1.83. The molecule has 0 spiro atoms. The van der Waals surface area contributed by atoms with Crippen LogP contribution in [0.3, 0.4) is 0 Å². The first-order chi connectivity index (χ1) is 8.69. The second-order valence-electron chi connectivity index (χ2n) is 5.59. The zero-order valence-corrected chi connectivity index (χ0v) is 12.2. The summed E-state index contributed by atoms with van der Waals surface area (Å²) in [7, 11) is 2.13. The number of hydrogen-bond acceptors (Lipinski definition) is 4. The van der Waals surface area contributed by atoms with E-state index in [1.165, 1.54) is 19.3 Å². The van der Waals surface area contributed by atoms with Crippen molar-refractivity contribution in [1.29, 1.82) is 0 Å². The molecular formula is C14H24N2OS. The molecule has 2 rings (SSSR count). The highest BCUT2D eigenvalue weighted by Gasteiger charge is 2.29. The Morgan fingerprint density at radius 1 is 1.50 bits per heavy atom. The van der Waals surface area contributed by atoms with Crippen LogP contribution in [0.1, 0.15) is 38.3 Å². The fraction of sp³-hybridized carbons (Fsp3) is 0.786. The molecule has 1 fully saturated rings. The number of hydrogen-bond donors (Lipinski definition) is 1. The van der Waals surface area contributed by atoms with Crippen LogP contribution in [0.25, 0.3) is 0 Å². The van der Waals surface area contributed by atoms with Crippen molar-refractivity contribution in [3.8, 4) is 0 Å². The maximum atomic E-state index is 10.1. The lowest BCUT2D eigenvalue weighted by atomic mass is 9.78. The third kappa shape index (κ3) is 3.77. The van der Waals surface area contributed by atoms with Crippen molar-refractivity contribution < 1.29 is 5.11 Å². The van der Waals surface area contributed by atoms with Crippen molar-refractivity contribution in [2.45, 2.75) is 45.3 Å². The number of thiazole rings is 1. The molecule has 1 aromatic rings. The molecule has 1 heterocycles. The van der Waals surface area contributed by atoms with Crippen LogP contribution in [-0.2, 0) is 6.54 Å². The number of nitrogens with zero attached hydrogens (tertiary/aromatic N) is 2. The summed E-state index contributed by atoms with van der Waals surface area (Å²) in [5.74, 6) is 1.25. The monoisotopic (exact) mass is 268 g/mol. The minimum atomic E-state index is -0.106. The summed E-state index contributed by atoms with van der Waals surface area (Å²) in [6.07, 6.45) is 4.50. The molecule has 102 valence electrons. The number of rotatable bonds is 5. The van der Waals surface area contributed by atoms with Crippen molar-refractivity contribution in [1.82, 2.24) is 9.88 Å². The second kappa shape index (κ2) is 6.64. The molecule has 0 aromatic carbocycles. The summed E-state index contributed by atoms with van der Waals surface area (Å²) in [5.41, 5.74) is 3.02. The smallest absolute Gasteiger partial charge is 0.0795 e. The molecule has 1 aromatic heterocycles. The quantitative estimate of drug-likeness (QED) is 0.892. The van der Waals surface area contributed by atoms with Crippen LogP contribution < -0.4 is 0 Å². The van der Waals surface area contributed by atoms with Gasteiger partial charge in [0.2, 0.25) is 0 Å². The first kappa shape index (κ1) is 14.0. The normalized spacial score (nSPS) is 28.8. The topological polar surface area (TPSA) is 36.4 Å². The molecule has 4 heteroatoms. The van der Waals surface area contributed by atoms with Crippen molar-refractivity contribution in [2.24, 2.45) is 11.8 Å². The van der Waals surface area contributed by atoms with E-state index in [2.05, 4.69) is 29.2 Å². The van der Waals surface area contributed by atoms with Gasteiger partial charge in [-0.15, -0.1) is 11.3 Å². The molecule has 18 heavy (non-hydrogen) atoms. The lowest BCUT2D eigenvalue weighted by Crippen LogP contribution is -2.37. The van der Waals surface area contributed by atoms with Crippen molar-refractivity contribution in [3.05, 3.63) is 16.6 Å². The zero-order valence-electron chi connectivity index (χ0n) is 11.4. The Morgan fingerprint density at radius 2 is 2.33 bits per heavy atom. The minimum Gasteiger partial charge on any atom is -0.393 e. The van der Waals surface area contributed by atoms with E-state index in [1.54, 1.807) is 11.3 Å².